The Hall–Kier alpha value is -5.29. The van der Waals surface area contributed by atoms with E-state index in [1.54, 1.807) is 73.1 Å². The molecule has 2 amide bonds. The van der Waals surface area contributed by atoms with Crippen LogP contribution in [0.25, 0.3) is 0 Å². The van der Waals surface area contributed by atoms with Crippen LogP contribution in [0.4, 0.5) is 28.1 Å². The zero-order valence-electron chi connectivity index (χ0n) is 29.3. The molecule has 4 aromatic heterocycles. The van der Waals surface area contributed by atoms with Crippen LogP contribution in [0.5, 0.6) is 0 Å². The lowest BCUT2D eigenvalue weighted by atomic mass is 10.1. The second-order valence-electron chi connectivity index (χ2n) is 12.9. The van der Waals surface area contributed by atoms with Gasteiger partial charge in [-0.15, -0.1) is 0 Å². The van der Waals surface area contributed by atoms with Crippen molar-refractivity contribution in [1.82, 2.24) is 38.9 Å². The van der Waals surface area contributed by atoms with Crippen LogP contribution < -0.4 is 32.7 Å². The molecule has 0 fully saturated rings. The predicted octanol–water partition coefficient (Wildman–Crippen LogP) is 2.84. The molecule has 0 aromatic carbocycles. The van der Waals surface area contributed by atoms with Gasteiger partial charge < -0.3 is 60.5 Å². The van der Waals surface area contributed by atoms with E-state index in [0.717, 1.165) is 0 Å². The number of ether oxygens (including phenoxy) is 2. The van der Waals surface area contributed by atoms with Crippen LogP contribution in [0, 0.1) is 0 Å². The number of carbonyl (C=O) groups excluding carboxylic acids is 3. The third-order valence-corrected chi connectivity index (χ3v) is 7.56. The number of nitrogens with zero attached hydrogens (tertiary/aromatic N) is 6. The molecule has 49 heavy (non-hydrogen) atoms. The van der Waals surface area contributed by atoms with Crippen molar-refractivity contribution in [1.29, 1.82) is 0 Å². The van der Waals surface area contributed by atoms with Crippen LogP contribution in [0.1, 0.15) is 78.1 Å². The number of methoxy groups -OCH3 is 1. The summed E-state index contributed by atoms with van der Waals surface area (Å²) < 4.78 is 17.1. The van der Waals surface area contributed by atoms with E-state index >= 15 is 0 Å². The number of rotatable bonds is 14. The van der Waals surface area contributed by atoms with E-state index in [0.29, 0.717) is 72.0 Å². The normalized spacial score (nSPS) is 12.7. The molecule has 0 aliphatic rings. The van der Waals surface area contributed by atoms with Gasteiger partial charge in [0.2, 0.25) is 11.9 Å². The van der Waals surface area contributed by atoms with Gasteiger partial charge in [0.05, 0.1) is 42.0 Å². The molecule has 4 heterocycles. The Morgan fingerprint density at radius 2 is 1.22 bits per heavy atom. The van der Waals surface area contributed by atoms with Crippen LogP contribution in [0.3, 0.4) is 0 Å². The summed E-state index contributed by atoms with van der Waals surface area (Å²) in [5, 5.41) is 12.1. The highest BCUT2D eigenvalue weighted by molar-refractivity contribution is 5.94. The highest BCUT2D eigenvalue weighted by Gasteiger charge is 2.20. The molecule has 0 saturated heterocycles. The number of aromatic nitrogens is 6. The summed E-state index contributed by atoms with van der Waals surface area (Å²) in [5.41, 5.74) is 15.7. The zero-order valence-corrected chi connectivity index (χ0v) is 29.3. The molecule has 0 aliphatic heterocycles. The van der Waals surface area contributed by atoms with E-state index in [1.165, 1.54) is 7.11 Å². The predicted molar refractivity (Wildman–Crippen MR) is 185 cm³/mol. The Kier molecular flexibility index (Phi) is 11.4. The summed E-state index contributed by atoms with van der Waals surface area (Å²) >= 11 is 0. The second-order valence-corrected chi connectivity index (χ2v) is 12.9. The van der Waals surface area contributed by atoms with Gasteiger partial charge in [-0.3, -0.25) is 4.79 Å². The minimum atomic E-state index is -0.575. The number of anilines is 4. The quantitative estimate of drug-likeness (QED) is 0.107. The maximum atomic E-state index is 13.1. The Labute approximate surface area is 285 Å². The maximum absolute atomic E-state index is 13.1. The topological polar surface area (TPSA) is 215 Å². The molecule has 0 radical (unpaired) electrons. The van der Waals surface area contributed by atoms with Gasteiger partial charge in [0, 0.05) is 66.1 Å². The summed E-state index contributed by atoms with van der Waals surface area (Å²) in [4.78, 5) is 46.1. The summed E-state index contributed by atoms with van der Waals surface area (Å²) in [6.45, 7) is 6.08. The Bertz CT molecular complexity index is 1780. The lowest BCUT2D eigenvalue weighted by molar-refractivity contribution is 0.0524. The van der Waals surface area contributed by atoms with Gasteiger partial charge in [0.1, 0.15) is 17.0 Å². The lowest BCUT2D eigenvalue weighted by Crippen LogP contribution is -2.34. The van der Waals surface area contributed by atoms with Crippen molar-refractivity contribution in [2.45, 2.75) is 51.3 Å². The second kappa shape index (κ2) is 15.3. The number of amides is 2. The largest absolute Gasteiger partial charge is 0.464 e. The number of hydrogen-bond acceptors (Lipinski definition) is 11. The number of aryl methyl sites for hydroxylation is 4. The van der Waals surface area contributed by atoms with Gasteiger partial charge in [-0.05, 0) is 45.7 Å². The van der Waals surface area contributed by atoms with Crippen LogP contribution in [0.2, 0.25) is 0 Å². The van der Waals surface area contributed by atoms with Crippen molar-refractivity contribution < 1.29 is 23.9 Å². The average molecular weight is 681 g/mol. The Morgan fingerprint density at radius 1 is 0.755 bits per heavy atom. The minimum absolute atomic E-state index is 0.253. The monoisotopic (exact) mass is 680 g/mol. The van der Waals surface area contributed by atoms with E-state index in [9.17, 15) is 14.4 Å². The molecule has 4 aromatic rings. The molecule has 17 heteroatoms. The van der Waals surface area contributed by atoms with Crippen molar-refractivity contribution in [2.24, 2.45) is 39.7 Å². The van der Waals surface area contributed by atoms with Gasteiger partial charge in [0.15, 0.2) is 0 Å². The van der Waals surface area contributed by atoms with E-state index in [1.807, 2.05) is 31.1 Å². The number of nitrogens with two attached hydrogens (primary N) is 2. The van der Waals surface area contributed by atoms with Crippen LogP contribution in [-0.4, -0.2) is 72.0 Å². The van der Waals surface area contributed by atoms with Gasteiger partial charge in [0.25, 0.3) is 5.91 Å². The molecule has 0 aliphatic carbocycles. The molecule has 0 spiro atoms. The summed E-state index contributed by atoms with van der Waals surface area (Å²) in [7, 11) is 8.55. The average Bonchev–Trinajstić information content (AvgIpc) is 3.78. The highest BCUT2D eigenvalue weighted by Crippen LogP contribution is 2.23. The van der Waals surface area contributed by atoms with Gasteiger partial charge in [-0.1, -0.05) is 0 Å². The third-order valence-electron chi connectivity index (χ3n) is 7.56. The molecule has 266 valence electrons. The number of hydrogen-bond donors (Lipinski definition) is 6. The fraction of sp³-hybridized carbons (Fsp3) is 0.469. The molecule has 2 unspecified atom stereocenters. The van der Waals surface area contributed by atoms with Gasteiger partial charge in [-0.25, -0.2) is 19.6 Å². The molecule has 2 atom stereocenters. The maximum Gasteiger partial charge on any atom is 0.407 e. The molecule has 0 bridgehead atoms. The van der Waals surface area contributed by atoms with Crippen molar-refractivity contribution >= 4 is 41.2 Å². The van der Waals surface area contributed by atoms with E-state index in [-0.39, 0.29) is 5.91 Å². The first-order valence-electron chi connectivity index (χ1n) is 15.8. The van der Waals surface area contributed by atoms with E-state index in [4.69, 9.17) is 20.9 Å². The number of carbonyl (C=O) groups is 3. The van der Waals surface area contributed by atoms with Crippen LogP contribution in [0.15, 0.2) is 36.9 Å². The van der Waals surface area contributed by atoms with E-state index < -0.39 is 29.7 Å². The molecule has 4 rings (SSSR count). The molecular weight excluding hydrogens is 632 g/mol. The van der Waals surface area contributed by atoms with Crippen molar-refractivity contribution in [3.05, 3.63) is 59.7 Å². The van der Waals surface area contributed by atoms with Crippen LogP contribution in [-0.2, 0) is 37.7 Å². The SMILES string of the molecule is COC(=O)c1cc(Nc2nc(C(N)CCNC(=O)c3cc(Nc4nc(C(N)CCNC(=O)OC(C)(C)C)cn4C)cn3C)cn2C)cn1C. The first kappa shape index (κ1) is 36.5. The molecule has 0 saturated carbocycles. The smallest absolute Gasteiger partial charge is 0.407 e. The highest BCUT2D eigenvalue weighted by atomic mass is 16.6. The van der Waals surface area contributed by atoms with E-state index in [2.05, 4.69) is 31.2 Å². The summed E-state index contributed by atoms with van der Waals surface area (Å²) in [6.07, 6.45) is 7.64. The fourth-order valence-electron chi connectivity index (χ4n) is 5.00. The fourth-order valence-corrected chi connectivity index (χ4v) is 5.00. The molecule has 17 nitrogen and oxygen atoms in total. The minimum Gasteiger partial charge on any atom is -0.464 e. The first-order chi connectivity index (χ1) is 23.0. The lowest BCUT2D eigenvalue weighted by Gasteiger charge is -2.20. The van der Waals surface area contributed by atoms with Gasteiger partial charge >= 0.3 is 12.1 Å². The zero-order chi connectivity index (χ0) is 36.0. The number of imidazole rings is 2. The Morgan fingerprint density at radius 3 is 1.71 bits per heavy atom. The van der Waals surface area contributed by atoms with Gasteiger partial charge in [-0.2, -0.15) is 0 Å². The van der Waals surface area contributed by atoms with Crippen molar-refractivity contribution in [3.8, 4) is 0 Å². The van der Waals surface area contributed by atoms with Crippen molar-refractivity contribution in [2.75, 3.05) is 30.8 Å². The summed E-state index contributed by atoms with van der Waals surface area (Å²) in [6, 6.07) is 2.59. The Balaban J connectivity index is 1.27. The molecular formula is C32H48N12O5. The molecule has 8 N–H and O–H groups in total. The van der Waals surface area contributed by atoms with Crippen molar-refractivity contribution in [3.63, 3.8) is 0 Å². The number of nitrogens with one attached hydrogen (secondary N) is 4. The summed E-state index contributed by atoms with van der Waals surface area (Å²) in [5.74, 6) is 0.415. The first-order valence-corrected chi connectivity index (χ1v) is 15.8. The standard InChI is InChI=1S/C32H48N12O5/c1-32(2,3)49-31(47)36-12-10-22(34)24-18-43(6)29(40-24)37-19-13-25(41(4)15-19)27(45)35-11-9-21(33)23-17-44(7)30(39-23)38-20-14-26(28(46)48-8)42(5)16-20/h13-18,21-22H,9-12,33-34H2,1-8H3,(H,35,45)(H,36,47)(H,37,40)(H,38,39). The third kappa shape index (κ3) is 9.64. The van der Waals surface area contributed by atoms with Crippen LogP contribution >= 0.6 is 0 Å². The number of alkyl carbamates (subject to hydrolysis) is 1. The number of esters is 1.